The number of hydrogen-bond donors (Lipinski definition) is 0. The van der Waals surface area contributed by atoms with E-state index in [0.29, 0.717) is 36.6 Å². The Labute approximate surface area is 195 Å². The zero-order valence-electron chi connectivity index (χ0n) is 19.9. The maximum absolute atomic E-state index is 12.7. The molecule has 0 aliphatic carbocycles. The molecule has 0 spiro atoms. The standard InChI is InChI=1S/C24H35N5O4/c1-18-12-19(2)14-29(13-18)24(30)16-28-10-8-27(9-11-28)15-23-25-22(26-33-23)17-32-21-6-4-20(31-3)5-7-21/h4-7,18-19H,8-17H2,1-3H3. The van der Waals surface area contributed by atoms with E-state index in [9.17, 15) is 4.79 Å². The topological polar surface area (TPSA) is 84.2 Å². The van der Waals surface area contributed by atoms with Crippen LogP contribution in [0.2, 0.25) is 0 Å². The van der Waals surface area contributed by atoms with E-state index >= 15 is 0 Å². The Kier molecular flexibility index (Phi) is 7.82. The summed E-state index contributed by atoms with van der Waals surface area (Å²) in [5.41, 5.74) is 0. The molecule has 2 saturated heterocycles. The lowest BCUT2D eigenvalue weighted by Gasteiger charge is -2.38. The monoisotopic (exact) mass is 457 g/mol. The van der Waals surface area contributed by atoms with Crippen molar-refractivity contribution in [2.24, 2.45) is 11.8 Å². The predicted octanol–water partition coefficient (Wildman–Crippen LogP) is 2.28. The molecular formula is C24H35N5O4. The fourth-order valence-electron chi connectivity index (χ4n) is 4.69. The van der Waals surface area contributed by atoms with Crippen LogP contribution in [0.4, 0.5) is 0 Å². The van der Waals surface area contributed by atoms with Crippen molar-refractivity contribution in [1.82, 2.24) is 24.8 Å². The van der Waals surface area contributed by atoms with Crippen molar-refractivity contribution in [1.29, 1.82) is 0 Å². The molecule has 3 heterocycles. The SMILES string of the molecule is COc1ccc(OCc2noc(CN3CCN(CC(=O)N4CC(C)CC(C)C4)CC3)n2)cc1. The zero-order valence-corrected chi connectivity index (χ0v) is 19.9. The Balaban J connectivity index is 1.18. The van der Waals surface area contributed by atoms with Crippen LogP contribution in [0, 0.1) is 11.8 Å². The number of benzene rings is 1. The van der Waals surface area contributed by atoms with E-state index in [4.69, 9.17) is 14.0 Å². The van der Waals surface area contributed by atoms with Gasteiger partial charge in [0.2, 0.25) is 17.6 Å². The van der Waals surface area contributed by atoms with Crippen LogP contribution in [0.5, 0.6) is 11.5 Å². The number of piperazine rings is 1. The Morgan fingerprint density at radius 1 is 1.03 bits per heavy atom. The maximum Gasteiger partial charge on any atom is 0.240 e. The normalized spacial score (nSPS) is 22.3. The number of rotatable bonds is 8. The molecule has 0 radical (unpaired) electrons. The minimum absolute atomic E-state index is 0.249. The number of methoxy groups -OCH3 is 1. The van der Waals surface area contributed by atoms with Gasteiger partial charge in [-0.1, -0.05) is 19.0 Å². The second-order valence-electron chi connectivity index (χ2n) is 9.37. The van der Waals surface area contributed by atoms with E-state index in [1.807, 2.05) is 24.3 Å². The second kappa shape index (κ2) is 11.0. The molecule has 4 rings (SSSR count). The summed E-state index contributed by atoms with van der Waals surface area (Å²) in [6.45, 7) is 11.1. The number of aromatic nitrogens is 2. The van der Waals surface area contributed by atoms with Crippen LogP contribution in [-0.4, -0.2) is 83.7 Å². The Bertz CT molecular complexity index is 885. The van der Waals surface area contributed by atoms with Gasteiger partial charge in [-0.3, -0.25) is 14.6 Å². The molecule has 1 aromatic heterocycles. The van der Waals surface area contributed by atoms with E-state index in [0.717, 1.165) is 50.8 Å². The smallest absolute Gasteiger partial charge is 0.240 e. The zero-order chi connectivity index (χ0) is 23.2. The minimum Gasteiger partial charge on any atom is -0.497 e. The third-order valence-electron chi connectivity index (χ3n) is 6.34. The van der Waals surface area contributed by atoms with Crippen LogP contribution < -0.4 is 9.47 Å². The van der Waals surface area contributed by atoms with Crippen molar-refractivity contribution in [3.63, 3.8) is 0 Å². The number of hydrogen-bond acceptors (Lipinski definition) is 8. The lowest BCUT2D eigenvalue weighted by molar-refractivity contribution is -0.135. The first-order valence-electron chi connectivity index (χ1n) is 11.8. The first-order valence-corrected chi connectivity index (χ1v) is 11.8. The van der Waals surface area contributed by atoms with Gasteiger partial charge >= 0.3 is 0 Å². The van der Waals surface area contributed by atoms with Crippen LogP contribution in [0.3, 0.4) is 0 Å². The molecule has 9 heteroatoms. The third kappa shape index (κ3) is 6.68. The molecule has 0 saturated carbocycles. The molecule has 2 fully saturated rings. The molecule has 2 unspecified atom stereocenters. The van der Waals surface area contributed by atoms with Crippen LogP contribution in [0.25, 0.3) is 0 Å². The van der Waals surface area contributed by atoms with Gasteiger partial charge < -0.3 is 18.9 Å². The molecule has 2 atom stereocenters. The Morgan fingerprint density at radius 3 is 2.33 bits per heavy atom. The second-order valence-corrected chi connectivity index (χ2v) is 9.37. The molecule has 2 aliphatic rings. The Hall–Kier alpha value is -2.65. The van der Waals surface area contributed by atoms with E-state index < -0.39 is 0 Å². The summed E-state index contributed by atoms with van der Waals surface area (Å²) in [5, 5.41) is 4.03. The van der Waals surface area contributed by atoms with E-state index in [1.54, 1.807) is 7.11 Å². The van der Waals surface area contributed by atoms with Gasteiger partial charge in [0.1, 0.15) is 11.5 Å². The van der Waals surface area contributed by atoms with Crippen molar-refractivity contribution in [3.05, 3.63) is 36.0 Å². The summed E-state index contributed by atoms with van der Waals surface area (Å²) in [5.74, 6) is 4.07. The average Bonchev–Trinajstić information content (AvgIpc) is 3.26. The van der Waals surface area contributed by atoms with Gasteiger partial charge in [-0.05, 0) is 42.5 Å². The number of carbonyl (C=O) groups is 1. The summed E-state index contributed by atoms with van der Waals surface area (Å²) in [6.07, 6.45) is 1.22. The number of piperidine rings is 1. The molecule has 1 amide bonds. The largest absolute Gasteiger partial charge is 0.497 e. The summed E-state index contributed by atoms with van der Waals surface area (Å²) in [6, 6.07) is 7.38. The van der Waals surface area contributed by atoms with E-state index in [2.05, 4.69) is 38.7 Å². The predicted molar refractivity (Wildman–Crippen MR) is 123 cm³/mol. The molecule has 2 aromatic rings. The lowest BCUT2D eigenvalue weighted by Crippen LogP contribution is -2.51. The Morgan fingerprint density at radius 2 is 1.67 bits per heavy atom. The summed E-state index contributed by atoms with van der Waals surface area (Å²) >= 11 is 0. The number of nitrogens with zero attached hydrogens (tertiary/aromatic N) is 5. The molecule has 180 valence electrons. The van der Waals surface area contributed by atoms with Gasteiger partial charge in [0.25, 0.3) is 0 Å². The summed E-state index contributed by atoms with van der Waals surface area (Å²) in [7, 11) is 1.63. The highest BCUT2D eigenvalue weighted by Crippen LogP contribution is 2.21. The van der Waals surface area contributed by atoms with Gasteiger partial charge in [0.05, 0.1) is 20.2 Å². The number of ether oxygens (including phenoxy) is 2. The van der Waals surface area contributed by atoms with Gasteiger partial charge in [-0.15, -0.1) is 0 Å². The first kappa shape index (κ1) is 23.5. The van der Waals surface area contributed by atoms with Gasteiger partial charge in [0.15, 0.2) is 6.61 Å². The minimum atomic E-state index is 0.249. The van der Waals surface area contributed by atoms with Crippen molar-refractivity contribution in [3.8, 4) is 11.5 Å². The van der Waals surface area contributed by atoms with E-state index in [-0.39, 0.29) is 12.5 Å². The molecule has 0 N–H and O–H groups in total. The lowest BCUT2D eigenvalue weighted by atomic mass is 9.92. The van der Waals surface area contributed by atoms with Crippen molar-refractivity contribution in [2.45, 2.75) is 33.4 Å². The number of likely N-dealkylation sites (tertiary alicyclic amines) is 1. The fraction of sp³-hybridized carbons (Fsp3) is 0.625. The molecule has 1 aromatic carbocycles. The highest BCUT2D eigenvalue weighted by Gasteiger charge is 2.27. The van der Waals surface area contributed by atoms with Crippen LogP contribution >= 0.6 is 0 Å². The average molecular weight is 458 g/mol. The quantitative estimate of drug-likeness (QED) is 0.597. The van der Waals surface area contributed by atoms with Gasteiger partial charge in [0, 0.05) is 39.3 Å². The molecule has 33 heavy (non-hydrogen) atoms. The third-order valence-corrected chi connectivity index (χ3v) is 6.34. The molecular weight excluding hydrogens is 422 g/mol. The van der Waals surface area contributed by atoms with Crippen molar-refractivity contribution < 1.29 is 18.8 Å². The fourth-order valence-corrected chi connectivity index (χ4v) is 4.69. The number of carbonyl (C=O) groups excluding carboxylic acids is 1. The van der Waals surface area contributed by atoms with Crippen LogP contribution in [0.15, 0.2) is 28.8 Å². The van der Waals surface area contributed by atoms with Gasteiger partial charge in [-0.2, -0.15) is 4.98 Å². The first-order chi connectivity index (χ1) is 16.0. The molecule has 9 nitrogen and oxygen atoms in total. The molecule has 0 bridgehead atoms. The van der Waals surface area contributed by atoms with E-state index in [1.165, 1.54) is 6.42 Å². The summed E-state index contributed by atoms with van der Waals surface area (Å²) in [4.78, 5) is 23.8. The van der Waals surface area contributed by atoms with Crippen molar-refractivity contribution >= 4 is 5.91 Å². The molecule has 2 aliphatic heterocycles. The van der Waals surface area contributed by atoms with Crippen LogP contribution in [0.1, 0.15) is 32.0 Å². The van der Waals surface area contributed by atoms with Gasteiger partial charge in [-0.25, -0.2) is 0 Å². The maximum atomic E-state index is 12.7. The summed E-state index contributed by atoms with van der Waals surface area (Å²) < 4.78 is 16.3. The van der Waals surface area contributed by atoms with Crippen LogP contribution in [-0.2, 0) is 17.9 Å². The highest BCUT2D eigenvalue weighted by atomic mass is 16.5. The highest BCUT2D eigenvalue weighted by molar-refractivity contribution is 5.78. The van der Waals surface area contributed by atoms with Crippen molar-refractivity contribution in [2.75, 3.05) is 52.9 Å². The number of amides is 1.